The lowest BCUT2D eigenvalue weighted by molar-refractivity contribution is 0.0946. The average Bonchev–Trinajstić information content (AvgIpc) is 3.51. The summed E-state index contributed by atoms with van der Waals surface area (Å²) < 4.78 is 12.3. The van der Waals surface area contributed by atoms with Crippen LogP contribution in [0.4, 0.5) is 0 Å². The van der Waals surface area contributed by atoms with Crippen molar-refractivity contribution in [1.29, 1.82) is 0 Å². The summed E-state index contributed by atoms with van der Waals surface area (Å²) in [6.07, 6.45) is 2.31. The van der Waals surface area contributed by atoms with Crippen molar-refractivity contribution >= 4 is 16.9 Å². The van der Waals surface area contributed by atoms with Crippen LogP contribution in [0.15, 0.2) is 24.3 Å². The van der Waals surface area contributed by atoms with Crippen LogP contribution in [0.5, 0.6) is 11.5 Å². The third-order valence-electron chi connectivity index (χ3n) is 5.15. The Kier molecular flexibility index (Phi) is 4.66. The number of nitrogens with zero attached hydrogens (tertiary/aromatic N) is 3. The van der Waals surface area contributed by atoms with Gasteiger partial charge in [-0.1, -0.05) is 6.07 Å². The van der Waals surface area contributed by atoms with Gasteiger partial charge in [0.25, 0.3) is 5.91 Å². The minimum absolute atomic E-state index is 0.197. The van der Waals surface area contributed by atoms with Crippen molar-refractivity contribution < 1.29 is 14.3 Å². The maximum atomic E-state index is 12.8. The Bertz CT molecular complexity index is 1050. The van der Waals surface area contributed by atoms with E-state index in [-0.39, 0.29) is 5.91 Å². The predicted octanol–water partition coefficient (Wildman–Crippen LogP) is 3.10. The van der Waals surface area contributed by atoms with Crippen LogP contribution < -0.4 is 14.8 Å². The van der Waals surface area contributed by atoms with Gasteiger partial charge in [0.15, 0.2) is 17.1 Å². The van der Waals surface area contributed by atoms with Crippen molar-refractivity contribution in [1.82, 2.24) is 20.1 Å². The minimum atomic E-state index is -0.197. The summed E-state index contributed by atoms with van der Waals surface area (Å²) in [5.41, 5.74) is 4.26. The lowest BCUT2D eigenvalue weighted by Crippen LogP contribution is -2.24. The molecule has 3 aromatic rings. The first-order valence-electron chi connectivity index (χ1n) is 9.35. The van der Waals surface area contributed by atoms with Crippen LogP contribution in [0.1, 0.15) is 46.1 Å². The van der Waals surface area contributed by atoms with Gasteiger partial charge < -0.3 is 14.8 Å². The lowest BCUT2D eigenvalue weighted by Gasteiger charge is -2.11. The fourth-order valence-electron chi connectivity index (χ4n) is 3.57. The monoisotopic (exact) mass is 380 g/mol. The van der Waals surface area contributed by atoms with E-state index in [2.05, 4.69) is 15.4 Å². The molecule has 28 heavy (non-hydrogen) atoms. The molecule has 1 aliphatic rings. The van der Waals surface area contributed by atoms with Gasteiger partial charge in [-0.15, -0.1) is 0 Å². The molecule has 0 radical (unpaired) electrons. The molecule has 0 bridgehead atoms. The molecule has 7 nitrogen and oxygen atoms in total. The molecule has 0 atom stereocenters. The SMILES string of the molecule is COc1ccc(CNC(=O)c2cc(C3CC3)c3c(C)nn(C)c3n2)cc1OC. The van der Waals surface area contributed by atoms with Gasteiger partial charge in [0.2, 0.25) is 0 Å². The average molecular weight is 380 g/mol. The number of hydrogen-bond donors (Lipinski definition) is 1. The fraction of sp³-hybridized carbons (Fsp3) is 0.381. The highest BCUT2D eigenvalue weighted by Crippen LogP contribution is 2.43. The number of carbonyl (C=O) groups excluding carboxylic acids is 1. The number of carbonyl (C=O) groups is 1. The Morgan fingerprint density at radius 2 is 1.96 bits per heavy atom. The summed E-state index contributed by atoms with van der Waals surface area (Å²) in [6, 6.07) is 7.51. The Hall–Kier alpha value is -3.09. The maximum Gasteiger partial charge on any atom is 0.270 e. The number of aryl methyl sites for hydroxylation is 2. The first kappa shape index (κ1) is 18.3. The number of amides is 1. The van der Waals surface area contributed by atoms with E-state index in [4.69, 9.17) is 9.47 Å². The standard InChI is InChI=1S/C21H24N4O3/c1-12-19-15(14-6-7-14)10-16(23-20(19)25(2)24-12)21(26)22-11-13-5-8-17(27-3)18(9-13)28-4/h5,8-10,14H,6-7,11H2,1-4H3,(H,22,26). The summed E-state index contributed by atoms with van der Waals surface area (Å²) >= 11 is 0. The molecule has 2 heterocycles. The zero-order valence-corrected chi connectivity index (χ0v) is 16.6. The molecule has 1 fully saturated rings. The van der Waals surface area contributed by atoms with Gasteiger partial charge in [0.1, 0.15) is 5.69 Å². The van der Waals surface area contributed by atoms with Gasteiger partial charge in [-0.2, -0.15) is 5.10 Å². The Labute approximate surface area is 163 Å². The molecule has 0 saturated heterocycles. The van der Waals surface area contributed by atoms with E-state index in [0.717, 1.165) is 35.1 Å². The molecular weight excluding hydrogens is 356 g/mol. The summed E-state index contributed by atoms with van der Waals surface area (Å²) in [5, 5.41) is 8.53. The third-order valence-corrected chi connectivity index (χ3v) is 5.15. The number of ether oxygens (including phenoxy) is 2. The topological polar surface area (TPSA) is 78.3 Å². The van der Waals surface area contributed by atoms with Crippen LogP contribution in [-0.2, 0) is 13.6 Å². The summed E-state index contributed by atoms with van der Waals surface area (Å²) in [7, 11) is 5.05. The zero-order chi connectivity index (χ0) is 19.8. The zero-order valence-electron chi connectivity index (χ0n) is 16.6. The Morgan fingerprint density at radius 1 is 1.21 bits per heavy atom. The smallest absolute Gasteiger partial charge is 0.270 e. The number of fused-ring (bicyclic) bond motifs is 1. The van der Waals surface area contributed by atoms with Crippen molar-refractivity contribution in [2.24, 2.45) is 7.05 Å². The lowest BCUT2D eigenvalue weighted by atomic mass is 10.0. The van der Waals surface area contributed by atoms with Crippen molar-refractivity contribution in [3.8, 4) is 11.5 Å². The molecule has 1 amide bonds. The van der Waals surface area contributed by atoms with E-state index in [1.807, 2.05) is 38.2 Å². The first-order valence-corrected chi connectivity index (χ1v) is 9.35. The van der Waals surface area contributed by atoms with E-state index < -0.39 is 0 Å². The quantitative estimate of drug-likeness (QED) is 0.711. The molecule has 146 valence electrons. The Balaban J connectivity index is 1.58. The molecule has 1 aliphatic carbocycles. The van der Waals surface area contributed by atoms with E-state index >= 15 is 0 Å². The molecular formula is C21H24N4O3. The fourth-order valence-corrected chi connectivity index (χ4v) is 3.57. The number of rotatable bonds is 6. The molecule has 1 N–H and O–H groups in total. The van der Waals surface area contributed by atoms with Gasteiger partial charge >= 0.3 is 0 Å². The van der Waals surface area contributed by atoms with Crippen LogP contribution in [0, 0.1) is 6.92 Å². The van der Waals surface area contributed by atoms with Crippen LogP contribution >= 0.6 is 0 Å². The van der Waals surface area contributed by atoms with Gasteiger partial charge in [0.05, 0.1) is 19.9 Å². The van der Waals surface area contributed by atoms with Crippen LogP contribution in [0.2, 0.25) is 0 Å². The number of nitrogens with one attached hydrogen (secondary N) is 1. The van der Waals surface area contributed by atoms with E-state index in [1.165, 1.54) is 5.56 Å². The summed E-state index contributed by atoms with van der Waals surface area (Å²) in [5.74, 6) is 1.60. The molecule has 0 aliphatic heterocycles. The van der Waals surface area contributed by atoms with Crippen LogP contribution in [0.25, 0.3) is 11.0 Å². The van der Waals surface area contributed by atoms with E-state index in [9.17, 15) is 4.79 Å². The number of aromatic nitrogens is 3. The molecule has 0 spiro atoms. The highest BCUT2D eigenvalue weighted by Gasteiger charge is 2.29. The number of pyridine rings is 1. The molecule has 1 aromatic carbocycles. The van der Waals surface area contributed by atoms with Crippen molar-refractivity contribution in [2.45, 2.75) is 32.2 Å². The van der Waals surface area contributed by atoms with E-state index in [1.54, 1.807) is 18.9 Å². The van der Waals surface area contributed by atoms with Crippen LogP contribution in [-0.4, -0.2) is 34.9 Å². The number of hydrogen-bond acceptors (Lipinski definition) is 5. The first-order chi connectivity index (χ1) is 13.5. The largest absolute Gasteiger partial charge is 0.493 e. The number of benzene rings is 1. The third kappa shape index (κ3) is 3.28. The predicted molar refractivity (Wildman–Crippen MR) is 106 cm³/mol. The molecule has 0 unspecified atom stereocenters. The second-order valence-electron chi connectivity index (χ2n) is 7.15. The van der Waals surface area contributed by atoms with Crippen molar-refractivity contribution in [3.05, 3.63) is 46.8 Å². The van der Waals surface area contributed by atoms with E-state index in [0.29, 0.717) is 29.7 Å². The summed E-state index contributed by atoms with van der Waals surface area (Å²) in [6.45, 7) is 2.37. The van der Waals surface area contributed by atoms with Gasteiger partial charge in [-0.3, -0.25) is 9.48 Å². The second-order valence-corrected chi connectivity index (χ2v) is 7.15. The second kappa shape index (κ2) is 7.14. The van der Waals surface area contributed by atoms with Gasteiger partial charge in [0, 0.05) is 19.0 Å². The van der Waals surface area contributed by atoms with Crippen LogP contribution in [0.3, 0.4) is 0 Å². The normalized spacial score (nSPS) is 13.6. The summed E-state index contributed by atoms with van der Waals surface area (Å²) in [4.78, 5) is 17.4. The van der Waals surface area contributed by atoms with Crippen molar-refractivity contribution in [3.63, 3.8) is 0 Å². The van der Waals surface area contributed by atoms with Crippen molar-refractivity contribution in [2.75, 3.05) is 14.2 Å². The highest BCUT2D eigenvalue weighted by molar-refractivity contribution is 5.96. The highest BCUT2D eigenvalue weighted by atomic mass is 16.5. The number of methoxy groups -OCH3 is 2. The molecule has 7 heteroatoms. The van der Waals surface area contributed by atoms with Gasteiger partial charge in [-0.25, -0.2) is 4.98 Å². The molecule has 2 aromatic heterocycles. The maximum absolute atomic E-state index is 12.8. The molecule has 4 rings (SSSR count). The Morgan fingerprint density at radius 3 is 2.64 bits per heavy atom. The van der Waals surface area contributed by atoms with Gasteiger partial charge in [-0.05, 0) is 55.0 Å². The molecule has 1 saturated carbocycles. The minimum Gasteiger partial charge on any atom is -0.493 e.